The van der Waals surface area contributed by atoms with Gasteiger partial charge in [-0.25, -0.2) is 0 Å². The predicted octanol–water partition coefficient (Wildman–Crippen LogP) is 1.26. The Morgan fingerprint density at radius 2 is 1.93 bits per heavy atom. The zero-order valence-electron chi connectivity index (χ0n) is 14.9. The number of carbonyl (C=O) groups excluding carboxylic acids is 3. The molecule has 0 radical (unpaired) electrons. The molecular formula is C19H20N4O4. The van der Waals surface area contributed by atoms with Crippen LogP contribution in [-0.4, -0.2) is 66.3 Å². The van der Waals surface area contributed by atoms with Crippen LogP contribution in [0.4, 0.5) is 5.69 Å². The van der Waals surface area contributed by atoms with Crippen molar-refractivity contribution in [1.29, 1.82) is 0 Å². The number of hydrogen-bond acceptors (Lipinski definition) is 5. The lowest BCUT2D eigenvalue weighted by Gasteiger charge is -2.32. The number of piperazine rings is 1. The number of benzene rings is 1. The number of amides is 3. The Morgan fingerprint density at radius 3 is 2.63 bits per heavy atom. The summed E-state index contributed by atoms with van der Waals surface area (Å²) in [5, 5.41) is 2.77. The van der Waals surface area contributed by atoms with Crippen molar-refractivity contribution in [3.05, 3.63) is 53.9 Å². The van der Waals surface area contributed by atoms with Gasteiger partial charge >= 0.3 is 0 Å². The molecule has 2 heterocycles. The van der Waals surface area contributed by atoms with Crippen LogP contribution in [0.15, 0.2) is 42.6 Å². The predicted molar refractivity (Wildman–Crippen MR) is 98.7 cm³/mol. The molecule has 1 saturated heterocycles. The van der Waals surface area contributed by atoms with Gasteiger partial charge in [-0.2, -0.15) is 0 Å². The zero-order chi connectivity index (χ0) is 19.2. The summed E-state index contributed by atoms with van der Waals surface area (Å²) in [4.78, 5) is 43.2. The van der Waals surface area contributed by atoms with E-state index in [4.69, 9.17) is 4.74 Å². The molecule has 0 spiro atoms. The van der Waals surface area contributed by atoms with E-state index in [2.05, 4.69) is 10.3 Å². The second-order valence-corrected chi connectivity index (χ2v) is 6.05. The van der Waals surface area contributed by atoms with Crippen LogP contribution in [0.2, 0.25) is 0 Å². The van der Waals surface area contributed by atoms with E-state index in [1.807, 2.05) is 0 Å². The van der Waals surface area contributed by atoms with E-state index in [1.165, 1.54) is 12.3 Å². The number of nitrogens with zero attached hydrogens (tertiary/aromatic N) is 3. The number of carbonyl (C=O) groups is 3. The van der Waals surface area contributed by atoms with Gasteiger partial charge in [0.1, 0.15) is 11.4 Å². The molecule has 3 amide bonds. The third-order valence-electron chi connectivity index (χ3n) is 4.32. The molecule has 3 rings (SSSR count). The Hall–Kier alpha value is -3.42. The topological polar surface area (TPSA) is 91.8 Å². The lowest BCUT2D eigenvalue weighted by Crippen LogP contribution is -2.48. The lowest BCUT2D eigenvalue weighted by atomic mass is 10.2. The highest BCUT2D eigenvalue weighted by atomic mass is 16.5. The Morgan fingerprint density at radius 1 is 1.15 bits per heavy atom. The number of hydrogen-bond donors (Lipinski definition) is 1. The Labute approximate surface area is 156 Å². The van der Waals surface area contributed by atoms with Crippen molar-refractivity contribution in [2.75, 3.05) is 38.6 Å². The Balaban J connectivity index is 1.70. The van der Waals surface area contributed by atoms with Crippen LogP contribution in [0, 0.1) is 0 Å². The average Bonchev–Trinajstić information content (AvgIpc) is 2.73. The molecular weight excluding hydrogens is 348 g/mol. The van der Waals surface area contributed by atoms with Crippen molar-refractivity contribution in [3.63, 3.8) is 0 Å². The van der Waals surface area contributed by atoms with Gasteiger partial charge < -0.3 is 19.9 Å². The van der Waals surface area contributed by atoms with E-state index in [0.29, 0.717) is 43.2 Å². The molecule has 0 unspecified atom stereocenters. The highest BCUT2D eigenvalue weighted by Crippen LogP contribution is 2.18. The minimum Gasteiger partial charge on any atom is -0.497 e. The lowest BCUT2D eigenvalue weighted by molar-refractivity contribution is -0.119. The van der Waals surface area contributed by atoms with Gasteiger partial charge in [0.25, 0.3) is 11.8 Å². The first kappa shape index (κ1) is 18.4. The van der Waals surface area contributed by atoms with Gasteiger partial charge in [-0.3, -0.25) is 19.4 Å². The summed E-state index contributed by atoms with van der Waals surface area (Å²) in [6.07, 6.45) is 2.22. The summed E-state index contributed by atoms with van der Waals surface area (Å²) in [5.74, 6) is 0.0370. The number of aromatic nitrogens is 1. The normalized spacial score (nSPS) is 13.8. The number of nitrogens with one attached hydrogen (secondary N) is 1. The van der Waals surface area contributed by atoms with E-state index in [9.17, 15) is 14.4 Å². The summed E-state index contributed by atoms with van der Waals surface area (Å²) >= 11 is 0. The molecule has 1 aliphatic heterocycles. The second kappa shape index (κ2) is 8.31. The molecule has 27 heavy (non-hydrogen) atoms. The molecule has 140 valence electrons. The van der Waals surface area contributed by atoms with Gasteiger partial charge in [0.05, 0.1) is 7.11 Å². The molecule has 1 N–H and O–H groups in total. The molecule has 0 aliphatic carbocycles. The van der Waals surface area contributed by atoms with Gasteiger partial charge in [-0.15, -0.1) is 0 Å². The van der Waals surface area contributed by atoms with Gasteiger partial charge in [0.2, 0.25) is 6.41 Å². The molecule has 1 fully saturated rings. The number of anilines is 1. The van der Waals surface area contributed by atoms with Crippen LogP contribution in [0.3, 0.4) is 0 Å². The van der Waals surface area contributed by atoms with E-state index in [-0.39, 0.29) is 17.5 Å². The average molecular weight is 368 g/mol. The van der Waals surface area contributed by atoms with Crippen LogP contribution in [0.25, 0.3) is 0 Å². The summed E-state index contributed by atoms with van der Waals surface area (Å²) in [5.41, 5.74) is 1.13. The standard InChI is InChI=1S/C19H20N4O4/c1-27-16-4-2-3-15(12-16)21-18(25)14-5-6-20-17(11-14)19(26)23-9-7-22(13-24)8-10-23/h2-6,11-13H,7-10H2,1H3,(H,21,25). The minimum absolute atomic E-state index is 0.202. The molecule has 0 bridgehead atoms. The number of methoxy groups -OCH3 is 1. The monoisotopic (exact) mass is 368 g/mol. The van der Waals surface area contributed by atoms with Crippen molar-refractivity contribution in [1.82, 2.24) is 14.8 Å². The first-order valence-corrected chi connectivity index (χ1v) is 8.51. The number of pyridine rings is 1. The first-order chi connectivity index (χ1) is 13.1. The number of ether oxygens (including phenoxy) is 1. The van der Waals surface area contributed by atoms with Gasteiger partial charge in [0, 0.05) is 49.7 Å². The highest BCUT2D eigenvalue weighted by molar-refractivity contribution is 6.05. The highest BCUT2D eigenvalue weighted by Gasteiger charge is 2.23. The largest absolute Gasteiger partial charge is 0.497 e. The van der Waals surface area contributed by atoms with E-state index < -0.39 is 0 Å². The van der Waals surface area contributed by atoms with Gasteiger partial charge in [0.15, 0.2) is 0 Å². The molecule has 2 aromatic rings. The maximum Gasteiger partial charge on any atom is 0.272 e. The summed E-state index contributed by atoms with van der Waals surface area (Å²) in [6.45, 7) is 1.87. The van der Waals surface area contributed by atoms with Crippen LogP contribution >= 0.6 is 0 Å². The first-order valence-electron chi connectivity index (χ1n) is 8.51. The SMILES string of the molecule is COc1cccc(NC(=O)c2ccnc(C(=O)N3CCN(C=O)CC3)c2)c1. The molecule has 0 atom stereocenters. The van der Waals surface area contributed by atoms with E-state index in [0.717, 1.165) is 6.41 Å². The maximum atomic E-state index is 12.6. The second-order valence-electron chi connectivity index (χ2n) is 6.05. The Bertz CT molecular complexity index is 847. The van der Waals surface area contributed by atoms with E-state index in [1.54, 1.807) is 47.2 Å². The Kier molecular flexibility index (Phi) is 5.65. The quantitative estimate of drug-likeness (QED) is 0.802. The fraction of sp³-hybridized carbons (Fsp3) is 0.263. The van der Waals surface area contributed by atoms with E-state index >= 15 is 0 Å². The molecule has 0 saturated carbocycles. The summed E-state index contributed by atoms with van der Waals surface area (Å²) in [7, 11) is 1.55. The smallest absolute Gasteiger partial charge is 0.272 e. The van der Waals surface area contributed by atoms with Crippen molar-refractivity contribution in [2.24, 2.45) is 0 Å². The zero-order valence-corrected chi connectivity index (χ0v) is 14.9. The third-order valence-corrected chi connectivity index (χ3v) is 4.32. The molecule has 8 nitrogen and oxygen atoms in total. The molecule has 1 aromatic heterocycles. The van der Waals surface area contributed by atoms with Crippen molar-refractivity contribution in [3.8, 4) is 5.75 Å². The summed E-state index contributed by atoms with van der Waals surface area (Å²) in [6, 6.07) is 10.0. The van der Waals surface area contributed by atoms with Crippen LogP contribution in [0.1, 0.15) is 20.8 Å². The third kappa shape index (κ3) is 4.41. The maximum absolute atomic E-state index is 12.6. The van der Waals surface area contributed by atoms with Crippen LogP contribution < -0.4 is 10.1 Å². The molecule has 1 aliphatic rings. The van der Waals surface area contributed by atoms with Gasteiger partial charge in [-0.05, 0) is 24.3 Å². The number of rotatable bonds is 5. The summed E-state index contributed by atoms with van der Waals surface area (Å²) < 4.78 is 5.14. The minimum atomic E-state index is -0.342. The molecule has 1 aromatic carbocycles. The van der Waals surface area contributed by atoms with Crippen molar-refractivity contribution < 1.29 is 19.1 Å². The van der Waals surface area contributed by atoms with Gasteiger partial charge in [-0.1, -0.05) is 6.07 Å². The van der Waals surface area contributed by atoms with Crippen LogP contribution in [-0.2, 0) is 4.79 Å². The fourth-order valence-electron chi connectivity index (χ4n) is 2.79. The fourth-order valence-corrected chi connectivity index (χ4v) is 2.79. The van der Waals surface area contributed by atoms with Crippen molar-refractivity contribution >= 4 is 23.9 Å². The molecule has 8 heteroatoms. The van der Waals surface area contributed by atoms with Crippen molar-refractivity contribution in [2.45, 2.75) is 0 Å². The van der Waals surface area contributed by atoms with Crippen LogP contribution in [0.5, 0.6) is 5.75 Å².